The molecule has 0 radical (unpaired) electrons. The maximum atomic E-state index is 12.0. The van der Waals surface area contributed by atoms with E-state index in [1.54, 1.807) is 7.11 Å². The number of unbranched alkanes of at least 4 members (excludes halogenated alkanes) is 7. The van der Waals surface area contributed by atoms with Crippen LogP contribution in [-0.2, 0) is 23.7 Å². The van der Waals surface area contributed by atoms with Gasteiger partial charge < -0.3 is 24.3 Å². The molecule has 0 aromatic carbocycles. The highest BCUT2D eigenvalue weighted by Crippen LogP contribution is 2.24. The molecule has 7 heteroatoms. The molecule has 1 atom stereocenters. The van der Waals surface area contributed by atoms with Crippen molar-refractivity contribution in [1.82, 2.24) is 5.32 Å². The van der Waals surface area contributed by atoms with E-state index in [1.165, 1.54) is 32.1 Å². The topological polar surface area (TPSA) is 83.1 Å². The molecule has 0 aromatic rings. The van der Waals surface area contributed by atoms with E-state index in [-0.39, 0.29) is 12.1 Å². The normalized spacial score (nSPS) is 12.2. The van der Waals surface area contributed by atoms with Crippen molar-refractivity contribution in [2.75, 3.05) is 46.7 Å². The Morgan fingerprint density at radius 3 is 1.86 bits per heavy atom. The Morgan fingerprint density at radius 1 is 0.686 bits per heavy atom. The third kappa shape index (κ3) is 24.1. The quantitative estimate of drug-likeness (QED) is 0.120. The van der Waals surface area contributed by atoms with Crippen LogP contribution in [0.2, 0.25) is 0 Å². The second-order valence-corrected chi connectivity index (χ2v) is 10.2. The van der Waals surface area contributed by atoms with Gasteiger partial charge in [0.1, 0.15) is 0 Å². The molecular weight excluding hydrogens is 446 g/mol. The summed E-state index contributed by atoms with van der Waals surface area (Å²) in [5.41, 5.74) is 0. The molecule has 0 aliphatic rings. The minimum atomic E-state index is -0.382. The van der Waals surface area contributed by atoms with E-state index in [2.05, 4.69) is 33.0 Å². The molecule has 1 N–H and O–H groups in total. The Hall–Kier alpha value is -1.34. The Labute approximate surface area is 215 Å². The zero-order valence-electron chi connectivity index (χ0n) is 23.4. The predicted molar refractivity (Wildman–Crippen MR) is 142 cm³/mol. The molecule has 0 aliphatic heterocycles. The van der Waals surface area contributed by atoms with Gasteiger partial charge in [0.25, 0.3) is 0 Å². The van der Waals surface area contributed by atoms with Crippen LogP contribution in [0.5, 0.6) is 0 Å². The van der Waals surface area contributed by atoms with Crippen molar-refractivity contribution in [2.45, 2.75) is 105 Å². The maximum Gasteiger partial charge on any atom is 0.407 e. The van der Waals surface area contributed by atoms with Crippen LogP contribution < -0.4 is 5.32 Å². The standard InChI is InChI=1S/C28H55NO6/c1-24(2)14-15-26(25(3)4)16-17-27(30)34-19-12-10-8-6-7-9-11-13-20-35-28(31)29-18-21-33-23-22-32-5/h24-26H,6-23H2,1-5H3,(H,29,31). The Bertz CT molecular complexity index is 498. The van der Waals surface area contributed by atoms with E-state index in [0.29, 0.717) is 57.8 Å². The van der Waals surface area contributed by atoms with Crippen LogP contribution in [0.15, 0.2) is 0 Å². The number of rotatable bonds is 24. The molecule has 1 amide bonds. The van der Waals surface area contributed by atoms with Gasteiger partial charge in [-0.2, -0.15) is 0 Å². The Morgan fingerprint density at radius 2 is 1.29 bits per heavy atom. The molecule has 0 fully saturated rings. The van der Waals surface area contributed by atoms with Crippen molar-refractivity contribution in [1.29, 1.82) is 0 Å². The lowest BCUT2D eigenvalue weighted by Gasteiger charge is -2.21. The van der Waals surface area contributed by atoms with Crippen molar-refractivity contribution >= 4 is 12.1 Å². The average molecular weight is 502 g/mol. The number of carbonyl (C=O) groups is 2. The monoisotopic (exact) mass is 501 g/mol. The zero-order chi connectivity index (χ0) is 26.2. The SMILES string of the molecule is COCCOCCNC(=O)OCCCCCCCCCCOC(=O)CCC(CCC(C)C)C(C)C. The highest BCUT2D eigenvalue weighted by Gasteiger charge is 2.16. The van der Waals surface area contributed by atoms with Crippen molar-refractivity contribution in [3.05, 3.63) is 0 Å². The number of hydrogen-bond donors (Lipinski definition) is 1. The molecule has 0 rings (SSSR count). The van der Waals surface area contributed by atoms with E-state index in [4.69, 9.17) is 18.9 Å². The summed E-state index contributed by atoms with van der Waals surface area (Å²) in [6.07, 6.45) is 12.3. The van der Waals surface area contributed by atoms with Gasteiger partial charge in [-0.1, -0.05) is 72.6 Å². The van der Waals surface area contributed by atoms with Gasteiger partial charge in [0, 0.05) is 20.1 Å². The van der Waals surface area contributed by atoms with Crippen molar-refractivity contribution in [3.63, 3.8) is 0 Å². The minimum absolute atomic E-state index is 0.0356. The molecule has 0 spiro atoms. The number of ether oxygens (including phenoxy) is 4. The molecule has 0 heterocycles. The summed E-state index contributed by atoms with van der Waals surface area (Å²) in [6, 6.07) is 0. The van der Waals surface area contributed by atoms with Gasteiger partial charge in [-0.3, -0.25) is 4.79 Å². The summed E-state index contributed by atoms with van der Waals surface area (Å²) in [7, 11) is 1.62. The van der Waals surface area contributed by atoms with E-state index in [9.17, 15) is 9.59 Å². The Balaban J connectivity index is 3.44. The van der Waals surface area contributed by atoms with Gasteiger partial charge in [0.15, 0.2) is 0 Å². The number of alkyl carbamates (subject to hydrolysis) is 1. The molecular formula is C28H55NO6. The summed E-state index contributed by atoms with van der Waals surface area (Å²) >= 11 is 0. The van der Waals surface area contributed by atoms with Crippen LogP contribution in [0.1, 0.15) is 105 Å². The highest BCUT2D eigenvalue weighted by atomic mass is 16.6. The minimum Gasteiger partial charge on any atom is -0.466 e. The van der Waals surface area contributed by atoms with Crippen LogP contribution in [0.25, 0.3) is 0 Å². The number of nitrogens with one attached hydrogen (secondary N) is 1. The largest absolute Gasteiger partial charge is 0.466 e. The molecule has 1 unspecified atom stereocenters. The van der Waals surface area contributed by atoms with Crippen LogP contribution in [0.4, 0.5) is 4.79 Å². The molecule has 35 heavy (non-hydrogen) atoms. The smallest absolute Gasteiger partial charge is 0.407 e. The van der Waals surface area contributed by atoms with Gasteiger partial charge in [-0.25, -0.2) is 4.79 Å². The first-order chi connectivity index (χ1) is 16.9. The number of carbonyl (C=O) groups excluding carboxylic acids is 2. The molecule has 0 saturated heterocycles. The lowest BCUT2D eigenvalue weighted by molar-refractivity contribution is -0.144. The first kappa shape index (κ1) is 33.7. The van der Waals surface area contributed by atoms with Gasteiger partial charge in [-0.15, -0.1) is 0 Å². The second kappa shape index (κ2) is 24.4. The average Bonchev–Trinajstić information content (AvgIpc) is 2.81. The third-order valence-corrected chi connectivity index (χ3v) is 6.26. The summed E-state index contributed by atoms with van der Waals surface area (Å²) in [6.45, 7) is 12.0. The second-order valence-electron chi connectivity index (χ2n) is 10.2. The van der Waals surface area contributed by atoms with E-state index in [1.807, 2.05) is 0 Å². The first-order valence-electron chi connectivity index (χ1n) is 14.0. The lowest BCUT2D eigenvalue weighted by Crippen LogP contribution is -2.28. The summed E-state index contributed by atoms with van der Waals surface area (Å²) in [5, 5.41) is 2.67. The molecule has 0 aromatic heterocycles. The number of hydrogen-bond acceptors (Lipinski definition) is 6. The van der Waals surface area contributed by atoms with Crippen molar-refractivity contribution in [2.24, 2.45) is 17.8 Å². The van der Waals surface area contributed by atoms with Gasteiger partial charge in [0.2, 0.25) is 0 Å². The van der Waals surface area contributed by atoms with Gasteiger partial charge in [-0.05, 0) is 43.4 Å². The lowest BCUT2D eigenvalue weighted by atomic mass is 9.85. The zero-order valence-corrected chi connectivity index (χ0v) is 23.4. The fourth-order valence-corrected chi connectivity index (χ4v) is 3.87. The van der Waals surface area contributed by atoms with Crippen LogP contribution in [-0.4, -0.2) is 58.8 Å². The molecule has 0 saturated carbocycles. The highest BCUT2D eigenvalue weighted by molar-refractivity contribution is 5.69. The van der Waals surface area contributed by atoms with Crippen molar-refractivity contribution in [3.8, 4) is 0 Å². The number of amides is 1. The number of esters is 1. The van der Waals surface area contributed by atoms with Crippen LogP contribution in [0, 0.1) is 17.8 Å². The van der Waals surface area contributed by atoms with Gasteiger partial charge in [0.05, 0.1) is 33.0 Å². The Kier molecular flexibility index (Phi) is 23.4. The summed E-state index contributed by atoms with van der Waals surface area (Å²) < 4.78 is 20.7. The molecule has 7 nitrogen and oxygen atoms in total. The molecule has 0 aliphatic carbocycles. The van der Waals surface area contributed by atoms with E-state index in [0.717, 1.165) is 44.4 Å². The van der Waals surface area contributed by atoms with Gasteiger partial charge >= 0.3 is 12.1 Å². The van der Waals surface area contributed by atoms with Crippen molar-refractivity contribution < 1.29 is 28.5 Å². The summed E-state index contributed by atoms with van der Waals surface area (Å²) in [4.78, 5) is 23.6. The maximum absolute atomic E-state index is 12.0. The third-order valence-electron chi connectivity index (χ3n) is 6.26. The van der Waals surface area contributed by atoms with E-state index < -0.39 is 0 Å². The predicted octanol–water partition coefficient (Wildman–Crippen LogP) is 6.53. The first-order valence-corrected chi connectivity index (χ1v) is 14.0. The molecule has 208 valence electrons. The van der Waals surface area contributed by atoms with E-state index >= 15 is 0 Å². The molecule has 0 bridgehead atoms. The fraction of sp³-hybridized carbons (Fsp3) is 0.929. The number of methoxy groups -OCH3 is 1. The fourth-order valence-electron chi connectivity index (χ4n) is 3.87. The summed E-state index contributed by atoms with van der Waals surface area (Å²) in [5.74, 6) is 1.92. The van der Waals surface area contributed by atoms with Crippen LogP contribution >= 0.6 is 0 Å². The van der Waals surface area contributed by atoms with Crippen LogP contribution in [0.3, 0.4) is 0 Å².